The lowest BCUT2D eigenvalue weighted by molar-refractivity contribution is -0.390. The molecular weight excluding hydrogens is 502 g/mol. The van der Waals surface area contributed by atoms with Crippen LogP contribution in [0, 0.1) is 27.4 Å². The molecule has 2 aromatic rings. The van der Waals surface area contributed by atoms with Gasteiger partial charge in [-0.3, -0.25) is 9.69 Å². The first-order valence-electron chi connectivity index (χ1n) is 12.3. The lowest BCUT2D eigenvalue weighted by Crippen LogP contribution is -2.58. The van der Waals surface area contributed by atoms with Gasteiger partial charge in [0.25, 0.3) is 0 Å². The maximum absolute atomic E-state index is 13.5. The summed E-state index contributed by atoms with van der Waals surface area (Å²) in [5.74, 6) is 2.25. The Kier molecular flexibility index (Phi) is 5.36. The Morgan fingerprint density at radius 2 is 1.94 bits per heavy atom. The van der Waals surface area contributed by atoms with E-state index in [0.717, 1.165) is 70.6 Å². The number of halogens is 1. The molecule has 0 aromatic carbocycles. The Hall–Kier alpha value is -2.20. The molecule has 34 heavy (non-hydrogen) atoms. The number of carbonyl (C=O) groups is 1. The summed E-state index contributed by atoms with van der Waals surface area (Å²) in [6.07, 6.45) is 10.4. The predicted octanol–water partition coefficient (Wildman–Crippen LogP) is 4.18. The van der Waals surface area contributed by atoms with Gasteiger partial charge < -0.3 is 19.4 Å². The molecule has 9 nitrogen and oxygen atoms in total. The first kappa shape index (κ1) is 22.3. The van der Waals surface area contributed by atoms with Gasteiger partial charge in [-0.25, -0.2) is 0 Å². The minimum Gasteiger partial charge on any atom is -0.468 e. The van der Waals surface area contributed by atoms with Crippen molar-refractivity contribution in [3.63, 3.8) is 0 Å². The van der Waals surface area contributed by atoms with Crippen LogP contribution in [0.1, 0.15) is 50.7 Å². The van der Waals surface area contributed by atoms with Gasteiger partial charge in [-0.05, 0) is 88.8 Å². The molecule has 5 aliphatic rings. The third-order valence-corrected chi connectivity index (χ3v) is 9.23. The van der Waals surface area contributed by atoms with Gasteiger partial charge in [0.2, 0.25) is 5.91 Å². The van der Waals surface area contributed by atoms with Crippen molar-refractivity contribution < 1.29 is 14.1 Å². The highest BCUT2D eigenvalue weighted by Gasteiger charge is 2.60. The molecule has 1 aliphatic heterocycles. The van der Waals surface area contributed by atoms with E-state index in [2.05, 4.69) is 25.9 Å². The van der Waals surface area contributed by atoms with Crippen molar-refractivity contribution in [3.8, 4) is 0 Å². The average molecular weight is 532 g/mol. The summed E-state index contributed by atoms with van der Waals surface area (Å²) in [7, 11) is 0. The molecule has 10 heteroatoms. The van der Waals surface area contributed by atoms with E-state index >= 15 is 0 Å². The fraction of sp³-hybridized carbons (Fsp3) is 0.667. The SMILES string of the molecule is O=C(CC12CC3CC(C1)CC(n1cc(Br)c([N+](=O)[O-])n1)(C3)C2)N1CCN(Cc2ccco2)CC1. The number of rotatable bonds is 6. The summed E-state index contributed by atoms with van der Waals surface area (Å²) in [5, 5.41) is 15.8. The normalized spacial score (nSPS) is 32.9. The zero-order chi connectivity index (χ0) is 23.5. The van der Waals surface area contributed by atoms with Gasteiger partial charge in [0, 0.05) is 32.6 Å². The largest absolute Gasteiger partial charge is 0.468 e. The van der Waals surface area contributed by atoms with Crippen LogP contribution >= 0.6 is 15.9 Å². The second-order valence-corrected chi connectivity index (χ2v) is 12.0. The third kappa shape index (κ3) is 3.88. The van der Waals surface area contributed by atoms with Crippen LogP contribution in [0.15, 0.2) is 33.5 Å². The zero-order valence-electron chi connectivity index (χ0n) is 19.2. The highest BCUT2D eigenvalue weighted by atomic mass is 79.9. The van der Waals surface area contributed by atoms with E-state index in [-0.39, 0.29) is 22.7 Å². The van der Waals surface area contributed by atoms with E-state index in [9.17, 15) is 14.9 Å². The van der Waals surface area contributed by atoms with Crippen molar-refractivity contribution in [1.82, 2.24) is 19.6 Å². The van der Waals surface area contributed by atoms with Crippen molar-refractivity contribution in [1.29, 1.82) is 0 Å². The molecule has 1 amide bonds. The maximum atomic E-state index is 13.5. The summed E-state index contributed by atoms with van der Waals surface area (Å²) < 4.78 is 7.78. The summed E-state index contributed by atoms with van der Waals surface area (Å²) in [6.45, 7) is 4.02. The molecule has 2 unspecified atom stereocenters. The highest BCUT2D eigenvalue weighted by Crippen LogP contribution is 2.65. The van der Waals surface area contributed by atoms with Crippen molar-refractivity contribution in [2.24, 2.45) is 17.3 Å². The molecule has 0 radical (unpaired) electrons. The number of nitro groups is 1. The molecular formula is C24H30BrN5O4. The first-order chi connectivity index (χ1) is 16.3. The minimum absolute atomic E-state index is 0.0142. The van der Waals surface area contributed by atoms with Crippen LogP contribution in [0.25, 0.3) is 0 Å². The van der Waals surface area contributed by atoms with Crippen LogP contribution < -0.4 is 0 Å². The Balaban J connectivity index is 1.15. The molecule has 1 saturated heterocycles. The van der Waals surface area contributed by atoms with Gasteiger partial charge in [0.1, 0.15) is 10.2 Å². The van der Waals surface area contributed by atoms with Gasteiger partial charge in [0.15, 0.2) is 0 Å². The van der Waals surface area contributed by atoms with Crippen LogP contribution in [0.3, 0.4) is 0 Å². The molecule has 4 saturated carbocycles. The second kappa shape index (κ2) is 8.19. The smallest absolute Gasteiger partial charge is 0.404 e. The standard InChI is InChI=1S/C24H30BrN5O4/c25-20-15-29(26-22(20)30(32)33)24-11-17-8-18(12-24)10-23(9-17,16-24)13-21(31)28-5-3-27(4-6-28)14-19-2-1-7-34-19/h1-2,7,15,17-18H,3-6,8-14,16H2. The van der Waals surface area contributed by atoms with Crippen molar-refractivity contribution in [3.05, 3.63) is 44.9 Å². The first-order valence-corrected chi connectivity index (χ1v) is 13.1. The lowest BCUT2D eigenvalue weighted by atomic mass is 9.46. The topological polar surface area (TPSA) is 97.6 Å². The number of piperazine rings is 1. The minimum atomic E-state index is -0.425. The van der Waals surface area contributed by atoms with Gasteiger partial charge >= 0.3 is 5.82 Å². The number of aromatic nitrogens is 2. The zero-order valence-corrected chi connectivity index (χ0v) is 20.8. The number of carbonyl (C=O) groups excluding carboxylic acids is 1. The quantitative estimate of drug-likeness (QED) is 0.409. The van der Waals surface area contributed by atoms with E-state index in [1.54, 1.807) is 12.5 Å². The maximum Gasteiger partial charge on any atom is 0.404 e. The Bertz CT molecular complexity index is 1080. The molecule has 5 fully saturated rings. The van der Waals surface area contributed by atoms with Crippen molar-refractivity contribution in [2.45, 2.75) is 57.0 Å². The monoisotopic (exact) mass is 531 g/mol. The summed E-state index contributed by atoms with van der Waals surface area (Å²) in [4.78, 5) is 28.8. The highest BCUT2D eigenvalue weighted by molar-refractivity contribution is 9.10. The van der Waals surface area contributed by atoms with E-state index < -0.39 is 4.92 Å². The van der Waals surface area contributed by atoms with E-state index in [1.165, 1.54) is 6.42 Å². The molecule has 7 rings (SSSR count). The van der Waals surface area contributed by atoms with Crippen LogP contribution in [0.4, 0.5) is 5.82 Å². The number of hydrogen-bond acceptors (Lipinski definition) is 6. The molecule has 2 atom stereocenters. The van der Waals surface area contributed by atoms with E-state index in [4.69, 9.17) is 4.42 Å². The van der Waals surface area contributed by atoms with Crippen LogP contribution in [-0.4, -0.2) is 56.6 Å². The molecule has 4 aliphatic carbocycles. The lowest BCUT2D eigenvalue weighted by Gasteiger charge is -2.61. The second-order valence-electron chi connectivity index (χ2n) is 11.1. The van der Waals surface area contributed by atoms with Gasteiger partial charge in [-0.15, -0.1) is 0 Å². The molecule has 3 heterocycles. The van der Waals surface area contributed by atoms with Crippen LogP contribution in [0.2, 0.25) is 0 Å². The Morgan fingerprint density at radius 1 is 1.21 bits per heavy atom. The number of amides is 1. The molecule has 182 valence electrons. The van der Waals surface area contributed by atoms with Gasteiger partial charge in [-0.1, -0.05) is 0 Å². The number of furan rings is 1. The van der Waals surface area contributed by atoms with Gasteiger partial charge in [-0.2, -0.15) is 4.68 Å². The third-order valence-electron chi connectivity index (χ3n) is 8.67. The molecule has 4 bridgehead atoms. The molecule has 0 N–H and O–H groups in total. The van der Waals surface area contributed by atoms with Crippen molar-refractivity contribution in [2.75, 3.05) is 26.2 Å². The van der Waals surface area contributed by atoms with Crippen molar-refractivity contribution >= 4 is 27.7 Å². The fourth-order valence-electron chi connectivity index (χ4n) is 7.80. The fourth-order valence-corrected chi connectivity index (χ4v) is 8.22. The van der Waals surface area contributed by atoms with E-state index in [1.807, 2.05) is 21.7 Å². The number of hydrogen-bond donors (Lipinski definition) is 0. The Morgan fingerprint density at radius 3 is 2.56 bits per heavy atom. The predicted molar refractivity (Wildman–Crippen MR) is 127 cm³/mol. The molecule has 2 aromatic heterocycles. The van der Waals surface area contributed by atoms with Crippen LogP contribution in [0.5, 0.6) is 0 Å². The summed E-state index contributed by atoms with van der Waals surface area (Å²) in [6, 6.07) is 3.90. The van der Waals surface area contributed by atoms with Gasteiger partial charge in [0.05, 0.1) is 29.6 Å². The average Bonchev–Trinajstić information content (AvgIpc) is 3.43. The van der Waals surface area contributed by atoms with Crippen LogP contribution in [-0.2, 0) is 16.9 Å². The summed E-state index contributed by atoms with van der Waals surface area (Å²) >= 11 is 3.33. The summed E-state index contributed by atoms with van der Waals surface area (Å²) in [5.41, 5.74) is -0.220. The Labute approximate surface area is 206 Å². The molecule has 0 spiro atoms. The number of nitrogens with zero attached hydrogens (tertiary/aromatic N) is 5. The van der Waals surface area contributed by atoms with E-state index in [0.29, 0.717) is 22.7 Å².